The maximum Gasteiger partial charge on any atom is 0.251 e. The fraction of sp³-hybridized carbons (Fsp3) is 0.300. The number of ether oxygens (including phenoxy) is 2. The Bertz CT molecular complexity index is 1510. The molecular formula is C30H33ClN6O4. The van der Waals surface area contributed by atoms with Crippen molar-refractivity contribution < 1.29 is 19.1 Å². The first-order valence-electron chi connectivity index (χ1n) is 13.0. The van der Waals surface area contributed by atoms with Crippen LogP contribution in [0.1, 0.15) is 37.9 Å². The molecule has 0 aliphatic carbocycles. The maximum absolute atomic E-state index is 14.0. The average molecular weight is 577 g/mol. The van der Waals surface area contributed by atoms with Gasteiger partial charge >= 0.3 is 0 Å². The van der Waals surface area contributed by atoms with Crippen LogP contribution in [0.2, 0.25) is 5.02 Å². The van der Waals surface area contributed by atoms with Gasteiger partial charge in [-0.05, 0) is 80.9 Å². The molecule has 0 saturated carbocycles. The molecule has 1 N–H and O–H groups in total. The van der Waals surface area contributed by atoms with Crippen molar-refractivity contribution in [2.45, 2.75) is 45.8 Å². The Morgan fingerprint density at radius 1 is 0.976 bits per heavy atom. The van der Waals surface area contributed by atoms with E-state index >= 15 is 0 Å². The number of nitrogens with zero attached hydrogens (tertiary/aromatic N) is 5. The zero-order valence-electron chi connectivity index (χ0n) is 23.9. The summed E-state index contributed by atoms with van der Waals surface area (Å²) in [7, 11) is 3.09. The topological polar surface area (TPSA) is 111 Å². The standard InChI is InChI=1S/C30H33ClN6O4/c1-19-7-9-20(10-8-19)27(29(39)32-30(2,3)4)37(23-14-12-22(31)13-15-23)26(38)18-36-34-28(33-35-36)21-11-16-24(40-5)25(17-21)41-6/h7-17,27H,18H2,1-6H3,(H,32,39). The quantitative estimate of drug-likeness (QED) is 0.298. The van der Waals surface area contributed by atoms with E-state index in [1.807, 2.05) is 52.0 Å². The monoisotopic (exact) mass is 576 g/mol. The van der Waals surface area contributed by atoms with Gasteiger partial charge in [0.15, 0.2) is 11.5 Å². The number of amides is 2. The molecule has 3 aromatic carbocycles. The SMILES string of the molecule is COc1ccc(-c2nnn(CC(=O)N(c3ccc(Cl)cc3)C(C(=O)NC(C)(C)C)c3ccc(C)cc3)n2)cc1OC. The van der Waals surface area contributed by atoms with Gasteiger partial charge in [0.25, 0.3) is 5.91 Å². The molecule has 1 atom stereocenters. The van der Waals surface area contributed by atoms with Crippen molar-refractivity contribution in [1.82, 2.24) is 25.5 Å². The molecule has 0 fully saturated rings. The molecule has 0 bridgehead atoms. The molecule has 10 nitrogen and oxygen atoms in total. The molecule has 11 heteroatoms. The van der Waals surface area contributed by atoms with Gasteiger partial charge in [0.2, 0.25) is 11.7 Å². The van der Waals surface area contributed by atoms with Crippen LogP contribution in [0.15, 0.2) is 66.7 Å². The normalized spacial score (nSPS) is 12.0. The highest BCUT2D eigenvalue weighted by Gasteiger charge is 2.35. The van der Waals surface area contributed by atoms with Crippen LogP contribution in [-0.4, -0.2) is 51.8 Å². The van der Waals surface area contributed by atoms with Crippen LogP contribution >= 0.6 is 11.6 Å². The summed E-state index contributed by atoms with van der Waals surface area (Å²) >= 11 is 6.16. The van der Waals surface area contributed by atoms with Crippen LogP contribution in [0, 0.1) is 6.92 Å². The summed E-state index contributed by atoms with van der Waals surface area (Å²) in [5.74, 6) is 0.628. The Balaban J connectivity index is 1.72. The van der Waals surface area contributed by atoms with Crippen molar-refractivity contribution in [3.63, 3.8) is 0 Å². The molecule has 0 saturated heterocycles. The van der Waals surface area contributed by atoms with Crippen LogP contribution < -0.4 is 19.7 Å². The van der Waals surface area contributed by atoms with Crippen LogP contribution in [0.3, 0.4) is 0 Å². The van der Waals surface area contributed by atoms with E-state index in [4.69, 9.17) is 21.1 Å². The number of aromatic nitrogens is 4. The average Bonchev–Trinajstić information content (AvgIpc) is 3.40. The van der Waals surface area contributed by atoms with Crippen molar-refractivity contribution >= 4 is 29.1 Å². The lowest BCUT2D eigenvalue weighted by Crippen LogP contribution is -2.50. The first kappa shape index (κ1) is 29.5. The number of rotatable bonds is 9. The van der Waals surface area contributed by atoms with Gasteiger partial charge in [-0.2, -0.15) is 4.80 Å². The first-order chi connectivity index (χ1) is 19.5. The second-order valence-corrected chi connectivity index (χ2v) is 10.9. The lowest BCUT2D eigenvalue weighted by atomic mass is 9.99. The summed E-state index contributed by atoms with van der Waals surface area (Å²) in [5, 5.41) is 16.2. The van der Waals surface area contributed by atoms with Gasteiger partial charge in [-0.25, -0.2) is 0 Å². The number of anilines is 1. The lowest BCUT2D eigenvalue weighted by Gasteiger charge is -2.33. The third-order valence-corrected chi connectivity index (χ3v) is 6.39. The number of benzene rings is 3. The fourth-order valence-electron chi connectivity index (χ4n) is 4.24. The fourth-order valence-corrected chi connectivity index (χ4v) is 4.37. The molecule has 0 spiro atoms. The molecule has 0 aliphatic heterocycles. The number of tetrazole rings is 1. The summed E-state index contributed by atoms with van der Waals surface area (Å²) in [5.41, 5.74) is 2.28. The van der Waals surface area contributed by atoms with E-state index in [2.05, 4.69) is 20.7 Å². The minimum absolute atomic E-state index is 0.270. The van der Waals surface area contributed by atoms with E-state index < -0.39 is 17.5 Å². The molecule has 4 rings (SSSR count). The van der Waals surface area contributed by atoms with E-state index in [9.17, 15) is 9.59 Å². The number of carbonyl (C=O) groups is 2. The Morgan fingerprint density at radius 3 is 2.24 bits per heavy atom. The molecule has 214 valence electrons. The number of aryl methyl sites for hydroxylation is 1. The highest BCUT2D eigenvalue weighted by molar-refractivity contribution is 6.30. The Morgan fingerprint density at radius 2 is 1.63 bits per heavy atom. The number of hydrogen-bond donors (Lipinski definition) is 1. The van der Waals surface area contributed by atoms with Gasteiger partial charge in [0, 0.05) is 21.8 Å². The molecule has 2 amide bonds. The first-order valence-corrected chi connectivity index (χ1v) is 13.3. The van der Waals surface area contributed by atoms with Crippen LogP contribution in [-0.2, 0) is 16.1 Å². The van der Waals surface area contributed by atoms with Gasteiger partial charge < -0.3 is 14.8 Å². The molecule has 1 unspecified atom stereocenters. The Hall–Kier alpha value is -4.44. The van der Waals surface area contributed by atoms with Crippen molar-refractivity contribution in [1.29, 1.82) is 0 Å². The van der Waals surface area contributed by atoms with Gasteiger partial charge in [-0.3, -0.25) is 14.5 Å². The minimum Gasteiger partial charge on any atom is -0.493 e. The molecule has 4 aromatic rings. The van der Waals surface area contributed by atoms with E-state index in [1.54, 1.807) is 49.6 Å². The van der Waals surface area contributed by atoms with Crippen LogP contribution in [0.5, 0.6) is 11.5 Å². The summed E-state index contributed by atoms with van der Waals surface area (Å²) < 4.78 is 10.7. The largest absolute Gasteiger partial charge is 0.493 e. The Labute approximate surface area is 244 Å². The number of carbonyl (C=O) groups excluding carboxylic acids is 2. The third kappa shape index (κ3) is 7.20. The highest BCUT2D eigenvalue weighted by atomic mass is 35.5. The highest BCUT2D eigenvalue weighted by Crippen LogP contribution is 2.32. The van der Waals surface area contributed by atoms with Gasteiger partial charge in [0.1, 0.15) is 12.6 Å². The summed E-state index contributed by atoms with van der Waals surface area (Å²) in [6.45, 7) is 7.36. The van der Waals surface area contributed by atoms with Gasteiger partial charge in [-0.15, -0.1) is 10.2 Å². The predicted octanol–water partition coefficient (Wildman–Crippen LogP) is 5.01. The van der Waals surface area contributed by atoms with Gasteiger partial charge in [-0.1, -0.05) is 41.4 Å². The second-order valence-electron chi connectivity index (χ2n) is 10.5. The van der Waals surface area contributed by atoms with Crippen molar-refractivity contribution in [3.8, 4) is 22.9 Å². The minimum atomic E-state index is -0.975. The van der Waals surface area contributed by atoms with E-state index in [0.29, 0.717) is 39.2 Å². The molecule has 1 aromatic heterocycles. The smallest absolute Gasteiger partial charge is 0.251 e. The molecular weight excluding hydrogens is 544 g/mol. The summed E-state index contributed by atoms with van der Waals surface area (Å²) in [6, 6.07) is 18.5. The zero-order chi connectivity index (χ0) is 29.7. The number of hydrogen-bond acceptors (Lipinski definition) is 7. The van der Waals surface area contributed by atoms with E-state index in [-0.39, 0.29) is 12.5 Å². The van der Waals surface area contributed by atoms with Crippen LogP contribution in [0.4, 0.5) is 5.69 Å². The summed E-state index contributed by atoms with van der Waals surface area (Å²) in [4.78, 5) is 30.5. The molecule has 0 aliphatic rings. The van der Waals surface area contributed by atoms with Crippen molar-refractivity contribution in [2.75, 3.05) is 19.1 Å². The Kier molecular flexibility index (Phi) is 8.92. The lowest BCUT2D eigenvalue weighted by molar-refractivity contribution is -0.128. The second kappa shape index (κ2) is 12.4. The predicted molar refractivity (Wildman–Crippen MR) is 157 cm³/mol. The van der Waals surface area contributed by atoms with Gasteiger partial charge in [0.05, 0.1) is 14.2 Å². The maximum atomic E-state index is 14.0. The van der Waals surface area contributed by atoms with E-state index in [1.165, 1.54) is 16.8 Å². The number of nitrogens with one attached hydrogen (secondary N) is 1. The summed E-state index contributed by atoms with van der Waals surface area (Å²) in [6.07, 6.45) is 0. The molecule has 0 radical (unpaired) electrons. The third-order valence-electron chi connectivity index (χ3n) is 6.14. The van der Waals surface area contributed by atoms with Crippen LogP contribution in [0.25, 0.3) is 11.4 Å². The number of halogens is 1. The van der Waals surface area contributed by atoms with E-state index in [0.717, 1.165) is 5.56 Å². The van der Waals surface area contributed by atoms with Crippen molar-refractivity contribution in [3.05, 3.63) is 82.9 Å². The molecule has 41 heavy (non-hydrogen) atoms. The number of methoxy groups -OCH3 is 2. The van der Waals surface area contributed by atoms with Crippen molar-refractivity contribution in [2.24, 2.45) is 0 Å². The zero-order valence-corrected chi connectivity index (χ0v) is 24.6. The molecule has 1 heterocycles.